The van der Waals surface area contributed by atoms with Crippen LogP contribution < -0.4 is 0 Å². The van der Waals surface area contributed by atoms with E-state index in [9.17, 15) is 31.1 Å². The van der Waals surface area contributed by atoms with E-state index in [0.29, 0.717) is 24.8 Å². The molecule has 2 saturated carbocycles. The Morgan fingerprint density at radius 3 is 2.00 bits per heavy atom. The van der Waals surface area contributed by atoms with Gasteiger partial charge in [0.2, 0.25) is 0 Å². The molecule has 3 unspecified atom stereocenters. The Morgan fingerprint density at radius 1 is 0.878 bits per heavy atom. The van der Waals surface area contributed by atoms with E-state index in [-0.39, 0.29) is 41.6 Å². The maximum Gasteiger partial charge on any atom is 0.416 e. The van der Waals surface area contributed by atoms with Crippen molar-refractivity contribution in [2.45, 2.75) is 89.5 Å². The highest BCUT2D eigenvalue weighted by molar-refractivity contribution is 5.88. The Morgan fingerprint density at radius 2 is 1.49 bits per heavy atom. The zero-order valence-electron chi connectivity index (χ0n) is 23.7. The molecular formula is C33H39F6NO. The Bertz CT molecular complexity index is 1180. The Kier molecular flexibility index (Phi) is 8.36. The summed E-state index contributed by atoms with van der Waals surface area (Å²) in [5.74, 6) is 0.295. The fraction of sp³-hybridized carbons (Fsp3) is 0.606. The van der Waals surface area contributed by atoms with Crippen molar-refractivity contribution in [3.63, 3.8) is 0 Å². The number of halogens is 6. The number of piperidine rings is 1. The first-order chi connectivity index (χ1) is 19.3. The van der Waals surface area contributed by atoms with Gasteiger partial charge >= 0.3 is 12.4 Å². The summed E-state index contributed by atoms with van der Waals surface area (Å²) in [4.78, 5) is 16.7. The summed E-state index contributed by atoms with van der Waals surface area (Å²) in [5, 5.41) is 0. The van der Waals surface area contributed by atoms with Gasteiger partial charge in [-0.1, -0.05) is 44.2 Å². The van der Waals surface area contributed by atoms with Crippen LogP contribution in [0.3, 0.4) is 0 Å². The smallest absolute Gasteiger partial charge is 0.300 e. The van der Waals surface area contributed by atoms with Crippen LogP contribution in [0, 0.1) is 23.2 Å². The average molecular weight is 580 g/mol. The summed E-state index contributed by atoms with van der Waals surface area (Å²) in [6.45, 7) is 6.15. The van der Waals surface area contributed by atoms with Gasteiger partial charge in [0, 0.05) is 17.4 Å². The maximum atomic E-state index is 14.1. The first kappa shape index (κ1) is 30.1. The molecule has 2 nitrogen and oxygen atoms in total. The Balaban J connectivity index is 1.27. The van der Waals surface area contributed by atoms with Crippen LogP contribution in [0.5, 0.6) is 0 Å². The third-order valence-corrected chi connectivity index (χ3v) is 10.3. The average Bonchev–Trinajstić information content (AvgIpc) is 3.38. The lowest BCUT2D eigenvalue weighted by Gasteiger charge is -2.44. The molecule has 4 atom stereocenters. The van der Waals surface area contributed by atoms with E-state index in [1.54, 1.807) is 0 Å². The molecule has 8 heteroatoms. The highest BCUT2D eigenvalue weighted by Crippen LogP contribution is 2.53. The summed E-state index contributed by atoms with van der Waals surface area (Å²) in [6, 6.07) is 12.7. The van der Waals surface area contributed by atoms with Gasteiger partial charge in [0.25, 0.3) is 0 Å². The molecule has 2 aromatic carbocycles. The number of rotatable bonds is 7. The molecule has 0 radical (unpaired) electrons. The fourth-order valence-electron chi connectivity index (χ4n) is 7.68. The van der Waals surface area contributed by atoms with E-state index < -0.39 is 28.9 Å². The molecule has 224 valence electrons. The van der Waals surface area contributed by atoms with Gasteiger partial charge in [0.1, 0.15) is 5.78 Å². The number of ketones is 1. The minimum Gasteiger partial charge on any atom is -0.300 e. The van der Waals surface area contributed by atoms with E-state index >= 15 is 0 Å². The van der Waals surface area contributed by atoms with Crippen LogP contribution >= 0.6 is 0 Å². The molecule has 1 saturated heterocycles. The number of nitrogens with zero attached hydrogens (tertiary/aromatic N) is 1. The van der Waals surface area contributed by atoms with Gasteiger partial charge in [-0.2, -0.15) is 26.3 Å². The largest absolute Gasteiger partial charge is 0.416 e. The lowest BCUT2D eigenvalue weighted by molar-refractivity contribution is -0.144. The fourth-order valence-corrected chi connectivity index (χ4v) is 7.68. The SMILES string of the molecule is CC(C)C1(C(=O)[C@@H]2CCC2Cc2cc(C(F)(F)F)cc(C(F)(F)F)c2)CCC(N2CCC(c3ccccc3)CC2)C1. The number of carbonyl (C=O) groups excluding carboxylic acids is 1. The van der Waals surface area contributed by atoms with Gasteiger partial charge in [0.05, 0.1) is 11.1 Å². The molecule has 3 aliphatic rings. The lowest BCUT2D eigenvalue weighted by atomic mass is 9.59. The molecular weight excluding hydrogens is 540 g/mol. The lowest BCUT2D eigenvalue weighted by Crippen LogP contribution is -2.47. The number of alkyl halides is 6. The molecule has 0 bridgehead atoms. The van der Waals surface area contributed by atoms with Gasteiger partial charge < -0.3 is 4.90 Å². The first-order valence-electron chi connectivity index (χ1n) is 14.9. The minimum absolute atomic E-state index is 0.00108. The van der Waals surface area contributed by atoms with Crippen molar-refractivity contribution in [1.29, 1.82) is 0 Å². The number of benzene rings is 2. The minimum atomic E-state index is -4.87. The highest BCUT2D eigenvalue weighted by Gasteiger charge is 2.53. The monoisotopic (exact) mass is 579 g/mol. The van der Waals surface area contributed by atoms with Crippen LogP contribution in [-0.4, -0.2) is 29.8 Å². The zero-order chi connectivity index (χ0) is 29.6. The van der Waals surface area contributed by atoms with Crippen molar-refractivity contribution in [3.8, 4) is 0 Å². The molecule has 1 aliphatic heterocycles. The molecule has 0 aromatic heterocycles. The van der Waals surface area contributed by atoms with E-state index in [1.165, 1.54) is 5.56 Å². The Labute approximate surface area is 238 Å². The zero-order valence-corrected chi connectivity index (χ0v) is 23.7. The van der Waals surface area contributed by atoms with Gasteiger partial charge in [-0.05, 0) is 112 Å². The second-order valence-electron chi connectivity index (χ2n) is 12.9. The van der Waals surface area contributed by atoms with E-state index in [0.717, 1.165) is 57.3 Å². The van der Waals surface area contributed by atoms with Gasteiger partial charge in [-0.15, -0.1) is 0 Å². The van der Waals surface area contributed by atoms with Crippen LogP contribution in [0.1, 0.15) is 87.0 Å². The maximum absolute atomic E-state index is 14.1. The van der Waals surface area contributed by atoms with Crippen molar-refractivity contribution in [2.75, 3.05) is 13.1 Å². The topological polar surface area (TPSA) is 20.3 Å². The summed E-state index contributed by atoms with van der Waals surface area (Å²) in [5.41, 5.74) is -1.70. The number of likely N-dealkylation sites (tertiary alicyclic amines) is 1. The predicted molar refractivity (Wildman–Crippen MR) is 146 cm³/mol. The summed E-state index contributed by atoms with van der Waals surface area (Å²) in [6.07, 6.45) is -3.72. The second kappa shape index (κ2) is 11.4. The first-order valence-corrected chi connectivity index (χ1v) is 14.9. The molecule has 3 fully saturated rings. The second-order valence-corrected chi connectivity index (χ2v) is 12.9. The van der Waals surface area contributed by atoms with Crippen LogP contribution in [0.25, 0.3) is 0 Å². The predicted octanol–water partition coefficient (Wildman–Crippen LogP) is 8.94. The van der Waals surface area contributed by atoms with Gasteiger partial charge in [0.15, 0.2) is 0 Å². The van der Waals surface area contributed by atoms with Crippen molar-refractivity contribution in [2.24, 2.45) is 23.2 Å². The van der Waals surface area contributed by atoms with Crippen molar-refractivity contribution in [1.82, 2.24) is 4.90 Å². The van der Waals surface area contributed by atoms with Crippen molar-refractivity contribution < 1.29 is 31.1 Å². The number of carbonyl (C=O) groups is 1. The molecule has 2 aromatic rings. The summed E-state index contributed by atoms with van der Waals surface area (Å²) < 4.78 is 80.3. The van der Waals surface area contributed by atoms with Crippen molar-refractivity contribution >= 4 is 5.78 Å². The standard InChI is InChI=1S/C33H39F6NO/c1-21(2)31(13-10-28(20-31)40-14-11-24(12-15-40)23-6-4-3-5-7-23)30(41)29-9-8-25(29)16-22-17-26(32(34,35)36)19-27(18-22)33(37,38)39/h3-7,17-19,21,24-25,28-29H,8-16,20H2,1-2H3/t25?,28?,29-,31?/m1/s1. The molecule has 0 amide bonds. The molecule has 5 rings (SSSR count). The summed E-state index contributed by atoms with van der Waals surface area (Å²) in [7, 11) is 0. The molecule has 0 spiro atoms. The normalized spacial score (nSPS) is 28.2. The Hall–Kier alpha value is -2.35. The third kappa shape index (κ3) is 6.23. The van der Waals surface area contributed by atoms with Gasteiger partial charge in [-0.25, -0.2) is 0 Å². The number of hydrogen-bond acceptors (Lipinski definition) is 2. The van der Waals surface area contributed by atoms with Crippen LogP contribution in [-0.2, 0) is 23.6 Å². The van der Waals surface area contributed by atoms with Crippen molar-refractivity contribution in [3.05, 3.63) is 70.8 Å². The van der Waals surface area contributed by atoms with Crippen LogP contribution in [0.2, 0.25) is 0 Å². The van der Waals surface area contributed by atoms with Crippen LogP contribution in [0.4, 0.5) is 26.3 Å². The van der Waals surface area contributed by atoms with Crippen LogP contribution in [0.15, 0.2) is 48.5 Å². The number of Topliss-reactive ketones (excluding diaryl/α,β-unsaturated/α-hetero) is 1. The third-order valence-electron chi connectivity index (χ3n) is 10.3. The van der Waals surface area contributed by atoms with E-state index in [2.05, 4.69) is 43.0 Å². The molecule has 0 N–H and O–H groups in total. The quantitative estimate of drug-likeness (QED) is 0.305. The molecule has 1 heterocycles. The highest BCUT2D eigenvalue weighted by atomic mass is 19.4. The summed E-state index contributed by atoms with van der Waals surface area (Å²) >= 11 is 0. The van der Waals surface area contributed by atoms with Gasteiger partial charge in [-0.3, -0.25) is 4.79 Å². The molecule has 2 aliphatic carbocycles. The molecule has 41 heavy (non-hydrogen) atoms. The van der Waals surface area contributed by atoms with E-state index in [4.69, 9.17) is 0 Å². The number of hydrogen-bond donors (Lipinski definition) is 0. The van der Waals surface area contributed by atoms with E-state index in [1.807, 2.05) is 6.07 Å².